The molecule has 0 aliphatic carbocycles. The molecule has 0 amide bonds. The highest BCUT2D eigenvalue weighted by molar-refractivity contribution is 4.60. The predicted molar refractivity (Wildman–Crippen MR) is 88.6 cm³/mol. The first kappa shape index (κ1) is 44.8. The molecule has 0 heteroatoms. The van der Waals surface area contributed by atoms with Crippen LogP contribution in [0, 0.1) is 0 Å². The van der Waals surface area contributed by atoms with Gasteiger partial charge in [-0.25, -0.2) is 0 Å². The van der Waals surface area contributed by atoms with E-state index in [2.05, 4.69) is 13.5 Å². The van der Waals surface area contributed by atoms with E-state index in [1.165, 1.54) is 0 Å². The van der Waals surface area contributed by atoms with E-state index < -0.39 is 0 Å². The van der Waals surface area contributed by atoms with E-state index in [4.69, 9.17) is 0 Å². The minimum atomic E-state index is 1.08. The molecular weight excluding hydrogens is 192 g/mol. The van der Waals surface area contributed by atoms with E-state index in [-0.39, 0.29) is 0 Å². The third kappa shape index (κ3) is 4070. The highest BCUT2D eigenvalue weighted by Crippen LogP contribution is 1.66. The summed E-state index contributed by atoms with van der Waals surface area (Å²) < 4.78 is 0. The summed E-state index contributed by atoms with van der Waals surface area (Å²) in [4.78, 5) is 0. The Bertz CT molecular complexity index is 14.0. The van der Waals surface area contributed by atoms with Crippen LogP contribution in [-0.2, 0) is 0 Å². The van der Waals surface area contributed by atoms with E-state index >= 15 is 0 Å². The van der Waals surface area contributed by atoms with Crippen LogP contribution in [0.2, 0.25) is 0 Å². The van der Waals surface area contributed by atoms with Crippen LogP contribution >= 0.6 is 0 Å². The smallest absolute Gasteiger partial charge is 0.0382 e. The quantitative estimate of drug-likeness (QED) is 0.408. The SMILES string of the molecule is C=CCC.CC.CC.CC.CC.CC.CC. The summed E-state index contributed by atoms with van der Waals surface area (Å²) in [5.41, 5.74) is 0. The maximum atomic E-state index is 3.48. The van der Waals surface area contributed by atoms with Crippen molar-refractivity contribution in [2.24, 2.45) is 0 Å². The number of hydrogen-bond acceptors (Lipinski definition) is 0. The maximum Gasteiger partial charge on any atom is -0.0382 e. The molecule has 0 saturated carbocycles. The second kappa shape index (κ2) is 919. The van der Waals surface area contributed by atoms with Gasteiger partial charge in [-0.2, -0.15) is 0 Å². The molecule has 0 aliphatic heterocycles. The minimum Gasteiger partial charge on any atom is -0.103 e. The molecule has 108 valence electrons. The zero-order valence-electron chi connectivity index (χ0n) is 15.0. The Hall–Kier alpha value is -0.260. The van der Waals surface area contributed by atoms with E-state index in [9.17, 15) is 0 Å². The van der Waals surface area contributed by atoms with E-state index in [1.807, 2.05) is 89.2 Å². The summed E-state index contributed by atoms with van der Waals surface area (Å²) in [6.07, 6.45) is 2.96. The van der Waals surface area contributed by atoms with Gasteiger partial charge >= 0.3 is 0 Å². The van der Waals surface area contributed by atoms with Crippen LogP contribution in [0.3, 0.4) is 0 Å². The van der Waals surface area contributed by atoms with Crippen LogP contribution in [0.15, 0.2) is 12.7 Å². The van der Waals surface area contributed by atoms with Crippen molar-refractivity contribution in [2.45, 2.75) is 96.4 Å². The molecule has 0 saturated heterocycles. The third-order valence-corrected chi connectivity index (χ3v) is 0.289. The Morgan fingerprint density at radius 3 is 0.625 bits per heavy atom. The van der Waals surface area contributed by atoms with Gasteiger partial charge in [0.1, 0.15) is 0 Å². The maximum absolute atomic E-state index is 3.48. The predicted octanol–water partition coefficient (Wildman–Crippen LogP) is 7.74. The molecule has 0 bridgehead atoms. The molecule has 0 heterocycles. The molecule has 0 aromatic rings. The van der Waals surface area contributed by atoms with Crippen molar-refractivity contribution in [3.05, 3.63) is 12.7 Å². The average molecular weight is 237 g/mol. The molecule has 0 unspecified atom stereocenters. The summed E-state index contributed by atoms with van der Waals surface area (Å²) in [6.45, 7) is 29.5. The Morgan fingerprint density at radius 1 is 0.562 bits per heavy atom. The molecule has 0 rings (SSSR count). The highest BCUT2D eigenvalue weighted by atomic mass is 13.5. The van der Waals surface area contributed by atoms with Crippen LogP contribution in [0.5, 0.6) is 0 Å². The summed E-state index contributed by atoms with van der Waals surface area (Å²) in [5.74, 6) is 0. The standard InChI is InChI=1S/C4H8.6C2H6/c1-3-4-2;6*1-2/h3H,1,4H2,2H3;6*1-2H3. The van der Waals surface area contributed by atoms with Crippen molar-refractivity contribution in [3.8, 4) is 0 Å². The van der Waals surface area contributed by atoms with Gasteiger partial charge in [0.2, 0.25) is 0 Å². The third-order valence-electron chi connectivity index (χ3n) is 0.289. The van der Waals surface area contributed by atoms with Crippen LogP contribution in [0.4, 0.5) is 0 Å². The molecule has 0 radical (unpaired) electrons. The topological polar surface area (TPSA) is 0 Å². The number of rotatable bonds is 1. The van der Waals surface area contributed by atoms with Gasteiger partial charge in [0, 0.05) is 0 Å². The average Bonchev–Trinajstić information content (AvgIpc) is 2.51. The lowest BCUT2D eigenvalue weighted by Gasteiger charge is -1.57. The Kier molecular flexibility index (Phi) is 2570. The van der Waals surface area contributed by atoms with E-state index in [0.29, 0.717) is 0 Å². The van der Waals surface area contributed by atoms with Gasteiger partial charge in [-0.05, 0) is 6.42 Å². The zero-order valence-corrected chi connectivity index (χ0v) is 15.0. The molecule has 0 aromatic heterocycles. The second-order valence-electron chi connectivity index (χ2n) is 0.697. The fraction of sp³-hybridized carbons (Fsp3) is 0.875. The van der Waals surface area contributed by atoms with E-state index in [0.717, 1.165) is 6.42 Å². The lowest BCUT2D eigenvalue weighted by atomic mass is 10.5. The summed E-state index contributed by atoms with van der Waals surface area (Å²) in [7, 11) is 0. The fourth-order valence-electron chi connectivity index (χ4n) is 0. The summed E-state index contributed by atoms with van der Waals surface area (Å²) in [6, 6.07) is 0. The molecule has 0 aliphatic rings. The van der Waals surface area contributed by atoms with Gasteiger partial charge in [0.05, 0.1) is 0 Å². The van der Waals surface area contributed by atoms with Crippen molar-refractivity contribution in [3.63, 3.8) is 0 Å². The molecule has 0 fully saturated rings. The summed E-state index contributed by atoms with van der Waals surface area (Å²) in [5, 5.41) is 0. The molecule has 0 nitrogen and oxygen atoms in total. The first-order chi connectivity index (χ1) is 7.91. The van der Waals surface area contributed by atoms with Gasteiger partial charge in [0.15, 0.2) is 0 Å². The minimum absolute atomic E-state index is 1.08. The second-order valence-corrected chi connectivity index (χ2v) is 0.697. The monoisotopic (exact) mass is 236 g/mol. The Morgan fingerprint density at radius 2 is 0.625 bits per heavy atom. The van der Waals surface area contributed by atoms with Crippen LogP contribution in [-0.4, -0.2) is 0 Å². The van der Waals surface area contributed by atoms with Crippen LogP contribution in [0.1, 0.15) is 96.4 Å². The van der Waals surface area contributed by atoms with Crippen molar-refractivity contribution in [2.75, 3.05) is 0 Å². The largest absolute Gasteiger partial charge is 0.103 e. The molecule has 0 N–H and O–H groups in total. The van der Waals surface area contributed by atoms with Crippen LogP contribution < -0.4 is 0 Å². The van der Waals surface area contributed by atoms with Gasteiger partial charge < -0.3 is 0 Å². The number of hydrogen-bond donors (Lipinski definition) is 0. The van der Waals surface area contributed by atoms with Gasteiger partial charge in [-0.15, -0.1) is 6.58 Å². The van der Waals surface area contributed by atoms with Crippen molar-refractivity contribution in [1.29, 1.82) is 0 Å². The van der Waals surface area contributed by atoms with Gasteiger partial charge in [-0.3, -0.25) is 0 Å². The van der Waals surface area contributed by atoms with Crippen molar-refractivity contribution in [1.82, 2.24) is 0 Å². The Balaban J connectivity index is -0.0000000122. The first-order valence-corrected chi connectivity index (χ1v) is 7.52. The molecular formula is C16H44. The van der Waals surface area contributed by atoms with Crippen LogP contribution in [0.25, 0.3) is 0 Å². The van der Waals surface area contributed by atoms with Gasteiger partial charge in [-0.1, -0.05) is 96.1 Å². The lowest BCUT2D eigenvalue weighted by Crippen LogP contribution is -1.36. The van der Waals surface area contributed by atoms with E-state index in [1.54, 1.807) is 0 Å². The molecule has 0 spiro atoms. The molecule has 0 aromatic carbocycles. The van der Waals surface area contributed by atoms with Crippen molar-refractivity contribution < 1.29 is 0 Å². The lowest BCUT2D eigenvalue weighted by molar-refractivity contribution is 1.23. The number of allylic oxidation sites excluding steroid dienone is 1. The summed E-state index contributed by atoms with van der Waals surface area (Å²) >= 11 is 0. The van der Waals surface area contributed by atoms with Crippen molar-refractivity contribution >= 4 is 0 Å². The normalized spacial score (nSPS) is 3.81. The highest BCUT2D eigenvalue weighted by Gasteiger charge is 1.45. The fourth-order valence-corrected chi connectivity index (χ4v) is 0. The van der Waals surface area contributed by atoms with Gasteiger partial charge in [0.25, 0.3) is 0 Å². The zero-order chi connectivity index (χ0) is 15.4. The first-order valence-electron chi connectivity index (χ1n) is 7.52. The molecule has 0 atom stereocenters. The Labute approximate surface area is 110 Å². The molecule has 16 heavy (non-hydrogen) atoms.